The molecule has 0 aliphatic heterocycles. The smallest absolute Gasteiger partial charge is 0.170 e. The number of benzene rings is 1. The van der Waals surface area contributed by atoms with Crippen molar-refractivity contribution in [1.82, 2.24) is 14.7 Å². The summed E-state index contributed by atoms with van der Waals surface area (Å²) in [6.45, 7) is 6.64. The fourth-order valence-electron chi connectivity index (χ4n) is 2.32. The molecule has 0 amide bonds. The Hall–Kier alpha value is -0.910. The minimum Gasteiger partial charge on any atom is -0.312 e. The lowest BCUT2D eigenvalue weighted by Crippen LogP contribution is -2.31. The van der Waals surface area contributed by atoms with Crippen LogP contribution in [0.3, 0.4) is 0 Å². The topological polar surface area (TPSA) is 37.8 Å². The van der Waals surface area contributed by atoms with Crippen molar-refractivity contribution in [1.29, 1.82) is 0 Å². The van der Waals surface area contributed by atoms with E-state index in [1.165, 1.54) is 17.1 Å². The van der Waals surface area contributed by atoms with Gasteiger partial charge in [0.2, 0.25) is 0 Å². The standard InChI is InChI=1S/C16H23N3S2/c1-5-13-18-16(21-19-13)20-15(11(2)3)14(17-4)12-9-7-6-8-10-12/h6-11,14-15,17H,5H2,1-4H3. The van der Waals surface area contributed by atoms with Crippen molar-refractivity contribution in [2.24, 2.45) is 5.92 Å². The molecule has 2 aromatic rings. The summed E-state index contributed by atoms with van der Waals surface area (Å²) in [6, 6.07) is 10.9. The summed E-state index contributed by atoms with van der Waals surface area (Å²) in [5, 5.41) is 3.90. The molecule has 0 fully saturated rings. The molecule has 1 aromatic heterocycles. The highest BCUT2D eigenvalue weighted by atomic mass is 32.2. The van der Waals surface area contributed by atoms with Crippen molar-refractivity contribution >= 4 is 23.3 Å². The van der Waals surface area contributed by atoms with E-state index in [0.717, 1.165) is 16.6 Å². The van der Waals surface area contributed by atoms with E-state index in [0.29, 0.717) is 17.2 Å². The van der Waals surface area contributed by atoms with Crippen LogP contribution in [0.2, 0.25) is 0 Å². The summed E-state index contributed by atoms with van der Waals surface area (Å²) in [5.74, 6) is 1.49. The van der Waals surface area contributed by atoms with Gasteiger partial charge in [-0.1, -0.05) is 62.9 Å². The molecule has 114 valence electrons. The number of rotatable bonds is 7. The second kappa shape index (κ2) is 7.92. The van der Waals surface area contributed by atoms with Crippen molar-refractivity contribution in [3.63, 3.8) is 0 Å². The molecule has 2 atom stereocenters. The lowest BCUT2D eigenvalue weighted by molar-refractivity contribution is 0.472. The molecular weight excluding hydrogens is 298 g/mol. The highest BCUT2D eigenvalue weighted by Crippen LogP contribution is 2.37. The molecule has 1 heterocycles. The van der Waals surface area contributed by atoms with E-state index in [4.69, 9.17) is 0 Å². The maximum Gasteiger partial charge on any atom is 0.170 e. The number of hydrogen-bond donors (Lipinski definition) is 1. The van der Waals surface area contributed by atoms with Gasteiger partial charge in [0.1, 0.15) is 5.82 Å². The van der Waals surface area contributed by atoms with Crippen molar-refractivity contribution < 1.29 is 0 Å². The number of aryl methyl sites for hydroxylation is 1. The molecule has 0 aliphatic rings. The summed E-state index contributed by atoms with van der Waals surface area (Å²) >= 11 is 3.36. The molecule has 5 heteroatoms. The van der Waals surface area contributed by atoms with Gasteiger partial charge in [0.15, 0.2) is 4.34 Å². The van der Waals surface area contributed by atoms with Crippen LogP contribution in [-0.2, 0) is 6.42 Å². The van der Waals surface area contributed by atoms with Gasteiger partial charge in [-0.3, -0.25) is 0 Å². The lowest BCUT2D eigenvalue weighted by Gasteiger charge is -2.29. The SMILES string of the molecule is CCc1nsc(SC(C(C)C)C(NC)c2ccccc2)n1. The van der Waals surface area contributed by atoms with E-state index >= 15 is 0 Å². The molecule has 2 unspecified atom stereocenters. The molecule has 0 saturated carbocycles. The van der Waals surface area contributed by atoms with Gasteiger partial charge < -0.3 is 5.32 Å². The van der Waals surface area contributed by atoms with Gasteiger partial charge in [-0.05, 0) is 30.1 Å². The Bertz CT molecular complexity index is 539. The maximum atomic E-state index is 4.60. The molecule has 3 nitrogen and oxygen atoms in total. The van der Waals surface area contributed by atoms with Crippen molar-refractivity contribution in [2.45, 2.75) is 42.8 Å². The zero-order valence-corrected chi connectivity index (χ0v) is 14.7. The van der Waals surface area contributed by atoms with Gasteiger partial charge in [-0.25, -0.2) is 4.98 Å². The van der Waals surface area contributed by atoms with Crippen LogP contribution in [0, 0.1) is 5.92 Å². The molecule has 1 aromatic carbocycles. The second-order valence-corrected chi connectivity index (χ2v) is 7.51. The van der Waals surface area contributed by atoms with Crippen molar-refractivity contribution in [2.75, 3.05) is 7.05 Å². The van der Waals surface area contributed by atoms with Crippen LogP contribution in [0.25, 0.3) is 0 Å². The van der Waals surface area contributed by atoms with E-state index in [1.807, 2.05) is 18.8 Å². The Balaban J connectivity index is 2.20. The monoisotopic (exact) mass is 321 g/mol. The first-order valence-electron chi connectivity index (χ1n) is 7.37. The zero-order chi connectivity index (χ0) is 15.2. The quantitative estimate of drug-likeness (QED) is 0.776. The number of nitrogens with one attached hydrogen (secondary N) is 1. The third kappa shape index (κ3) is 4.28. The summed E-state index contributed by atoms with van der Waals surface area (Å²) < 4.78 is 5.47. The average molecular weight is 322 g/mol. The van der Waals surface area contributed by atoms with Gasteiger partial charge in [0, 0.05) is 17.7 Å². The van der Waals surface area contributed by atoms with Crippen LogP contribution in [-0.4, -0.2) is 21.7 Å². The first-order chi connectivity index (χ1) is 10.2. The van der Waals surface area contributed by atoms with Crippen LogP contribution in [0.1, 0.15) is 38.2 Å². The Morgan fingerprint density at radius 1 is 1.24 bits per heavy atom. The van der Waals surface area contributed by atoms with E-state index in [9.17, 15) is 0 Å². The molecule has 1 N–H and O–H groups in total. The van der Waals surface area contributed by atoms with E-state index in [-0.39, 0.29) is 0 Å². The molecular formula is C16H23N3S2. The van der Waals surface area contributed by atoms with Crippen LogP contribution in [0.4, 0.5) is 0 Å². The number of hydrogen-bond acceptors (Lipinski definition) is 5. The second-order valence-electron chi connectivity index (χ2n) is 5.33. The van der Waals surface area contributed by atoms with Crippen molar-refractivity contribution in [3.05, 3.63) is 41.7 Å². The Morgan fingerprint density at radius 2 is 1.95 bits per heavy atom. The molecule has 0 aliphatic carbocycles. The van der Waals surface area contributed by atoms with Crippen LogP contribution in [0.15, 0.2) is 34.7 Å². The summed E-state index contributed by atoms with van der Waals surface area (Å²) in [5.41, 5.74) is 1.33. The minimum absolute atomic E-state index is 0.310. The van der Waals surface area contributed by atoms with Crippen molar-refractivity contribution in [3.8, 4) is 0 Å². The van der Waals surface area contributed by atoms with E-state index in [1.54, 1.807) is 0 Å². The predicted molar refractivity (Wildman–Crippen MR) is 92.0 cm³/mol. The molecule has 0 radical (unpaired) electrons. The largest absolute Gasteiger partial charge is 0.312 e. The Morgan fingerprint density at radius 3 is 2.48 bits per heavy atom. The maximum absolute atomic E-state index is 4.60. The van der Waals surface area contributed by atoms with Gasteiger partial charge in [0.25, 0.3) is 0 Å². The minimum atomic E-state index is 0.310. The van der Waals surface area contributed by atoms with E-state index < -0.39 is 0 Å². The van der Waals surface area contributed by atoms with Gasteiger partial charge in [0.05, 0.1) is 0 Å². The summed E-state index contributed by atoms with van der Waals surface area (Å²) in [4.78, 5) is 4.60. The third-order valence-electron chi connectivity index (χ3n) is 3.46. The fraction of sp³-hybridized carbons (Fsp3) is 0.500. The zero-order valence-electron chi connectivity index (χ0n) is 13.0. The van der Waals surface area contributed by atoms with E-state index in [2.05, 4.69) is 65.8 Å². The average Bonchev–Trinajstić information content (AvgIpc) is 2.96. The molecule has 0 spiro atoms. The number of thioether (sulfide) groups is 1. The molecule has 0 saturated heterocycles. The molecule has 0 bridgehead atoms. The van der Waals surface area contributed by atoms with Gasteiger partial charge >= 0.3 is 0 Å². The summed E-state index contributed by atoms with van der Waals surface area (Å²) in [7, 11) is 2.03. The first kappa shape index (κ1) is 16.5. The third-order valence-corrected chi connectivity index (χ3v) is 5.90. The normalized spacial score (nSPS) is 14.3. The highest BCUT2D eigenvalue weighted by Gasteiger charge is 2.27. The number of nitrogens with zero attached hydrogens (tertiary/aromatic N) is 2. The molecule has 21 heavy (non-hydrogen) atoms. The Labute approximate surface area is 135 Å². The van der Waals surface area contributed by atoms with Crippen LogP contribution >= 0.6 is 23.3 Å². The number of aromatic nitrogens is 2. The first-order valence-corrected chi connectivity index (χ1v) is 9.02. The van der Waals surface area contributed by atoms with Crippen LogP contribution in [0.5, 0.6) is 0 Å². The highest BCUT2D eigenvalue weighted by molar-refractivity contribution is 8.01. The van der Waals surface area contributed by atoms with Crippen LogP contribution < -0.4 is 5.32 Å². The van der Waals surface area contributed by atoms with Gasteiger partial charge in [-0.2, -0.15) is 4.37 Å². The predicted octanol–water partition coefficient (Wildman–Crippen LogP) is 4.18. The lowest BCUT2D eigenvalue weighted by atomic mass is 9.96. The fourth-order valence-corrected chi connectivity index (χ4v) is 4.53. The Kier molecular flexibility index (Phi) is 6.21. The molecule has 2 rings (SSSR count). The van der Waals surface area contributed by atoms with Gasteiger partial charge in [-0.15, -0.1) is 0 Å². The summed E-state index contributed by atoms with van der Waals surface area (Å²) in [6.07, 6.45) is 0.900.